The van der Waals surface area contributed by atoms with Crippen molar-refractivity contribution in [2.45, 2.75) is 19.3 Å². The lowest BCUT2D eigenvalue weighted by molar-refractivity contribution is -0.132. The van der Waals surface area contributed by atoms with Gasteiger partial charge in [-0.3, -0.25) is 9.59 Å². The Morgan fingerprint density at radius 1 is 1.00 bits per heavy atom. The molecule has 6 heteroatoms. The zero-order valence-electron chi connectivity index (χ0n) is 16.8. The molecule has 2 aliphatic heterocycles. The Bertz CT molecular complexity index is 876. The molecule has 0 atom stereocenters. The highest BCUT2D eigenvalue weighted by Gasteiger charge is 2.24. The maximum atomic E-state index is 12.5. The van der Waals surface area contributed by atoms with Gasteiger partial charge in [0.1, 0.15) is 5.75 Å². The number of carbonyl (C=O) groups excluding carboxylic acids is 2. The Hall–Kier alpha value is -3.02. The summed E-state index contributed by atoms with van der Waals surface area (Å²) in [6.07, 6.45) is 1.76. The predicted molar refractivity (Wildman–Crippen MR) is 114 cm³/mol. The minimum atomic E-state index is 0.145. The summed E-state index contributed by atoms with van der Waals surface area (Å²) in [4.78, 5) is 30.3. The second kappa shape index (κ2) is 8.55. The van der Waals surface area contributed by atoms with Crippen LogP contribution in [0.2, 0.25) is 0 Å². The van der Waals surface area contributed by atoms with E-state index in [0.29, 0.717) is 19.4 Å². The Kier molecular flexibility index (Phi) is 5.69. The molecule has 0 unspecified atom stereocenters. The van der Waals surface area contributed by atoms with E-state index in [2.05, 4.69) is 17.0 Å². The lowest BCUT2D eigenvalue weighted by Gasteiger charge is -2.37. The van der Waals surface area contributed by atoms with Crippen molar-refractivity contribution in [1.29, 1.82) is 0 Å². The molecular formula is C23H27N3O3. The van der Waals surface area contributed by atoms with Crippen LogP contribution in [-0.4, -0.2) is 56.5 Å². The topological polar surface area (TPSA) is 53.1 Å². The van der Waals surface area contributed by atoms with Gasteiger partial charge >= 0.3 is 0 Å². The summed E-state index contributed by atoms with van der Waals surface area (Å²) in [5, 5.41) is 0. The van der Waals surface area contributed by atoms with Crippen molar-refractivity contribution >= 4 is 23.2 Å². The van der Waals surface area contributed by atoms with Gasteiger partial charge in [-0.2, -0.15) is 0 Å². The first-order valence-corrected chi connectivity index (χ1v) is 10.2. The molecule has 2 amide bonds. The van der Waals surface area contributed by atoms with E-state index >= 15 is 0 Å². The number of ether oxygens (including phenoxy) is 1. The summed E-state index contributed by atoms with van der Waals surface area (Å²) >= 11 is 0. The smallest absolute Gasteiger partial charge is 0.227 e. The number of aryl methyl sites for hydroxylation is 1. The van der Waals surface area contributed by atoms with Crippen molar-refractivity contribution in [3.05, 3.63) is 54.1 Å². The van der Waals surface area contributed by atoms with Crippen molar-refractivity contribution in [1.82, 2.24) is 4.90 Å². The third kappa shape index (κ3) is 4.36. The molecular weight excluding hydrogens is 366 g/mol. The quantitative estimate of drug-likeness (QED) is 0.784. The highest BCUT2D eigenvalue weighted by atomic mass is 16.5. The zero-order chi connectivity index (χ0) is 20.2. The molecule has 2 heterocycles. The summed E-state index contributed by atoms with van der Waals surface area (Å²) in [5.41, 5.74) is 3.41. The summed E-state index contributed by atoms with van der Waals surface area (Å²) < 4.78 is 5.64. The molecule has 0 aliphatic carbocycles. The Balaban J connectivity index is 1.28. The number of piperazine rings is 1. The maximum absolute atomic E-state index is 12.5. The van der Waals surface area contributed by atoms with Crippen LogP contribution in [0.3, 0.4) is 0 Å². The van der Waals surface area contributed by atoms with Crippen LogP contribution in [-0.2, 0) is 16.0 Å². The lowest BCUT2D eigenvalue weighted by Crippen LogP contribution is -2.49. The van der Waals surface area contributed by atoms with Gasteiger partial charge in [-0.05, 0) is 42.3 Å². The number of fused-ring (bicyclic) bond motifs is 1. The van der Waals surface area contributed by atoms with Crippen molar-refractivity contribution in [3.63, 3.8) is 0 Å². The minimum Gasteiger partial charge on any atom is -0.493 e. The molecule has 1 saturated heterocycles. The molecule has 29 heavy (non-hydrogen) atoms. The fourth-order valence-electron chi connectivity index (χ4n) is 3.98. The number of nitrogens with zero attached hydrogens (tertiary/aromatic N) is 3. The van der Waals surface area contributed by atoms with E-state index < -0.39 is 0 Å². The number of carbonyl (C=O) groups is 2. The summed E-state index contributed by atoms with van der Waals surface area (Å²) in [6.45, 7) is 3.48. The number of hydrogen-bond donors (Lipinski definition) is 0. The van der Waals surface area contributed by atoms with E-state index in [1.54, 1.807) is 4.90 Å². The van der Waals surface area contributed by atoms with Gasteiger partial charge in [0, 0.05) is 51.0 Å². The van der Waals surface area contributed by atoms with Crippen molar-refractivity contribution < 1.29 is 14.3 Å². The van der Waals surface area contributed by atoms with E-state index in [4.69, 9.17) is 4.74 Å². The molecule has 4 rings (SSSR count). The average molecular weight is 393 g/mol. The van der Waals surface area contributed by atoms with E-state index in [-0.39, 0.29) is 11.8 Å². The van der Waals surface area contributed by atoms with Crippen LogP contribution < -0.4 is 14.5 Å². The fourth-order valence-corrected chi connectivity index (χ4v) is 3.98. The highest BCUT2D eigenvalue weighted by molar-refractivity contribution is 5.96. The standard InChI is InChI=1S/C23H27N3O3/c1-24-21-9-8-19(17-18(21)7-10-22(24)27)25-12-14-26(15-13-25)23(28)11-16-29-20-5-3-2-4-6-20/h2-6,8-9,17H,7,10-16H2,1H3. The van der Waals surface area contributed by atoms with Gasteiger partial charge in [0.2, 0.25) is 11.8 Å². The minimum absolute atomic E-state index is 0.145. The van der Waals surface area contributed by atoms with Crippen molar-refractivity contribution in [2.24, 2.45) is 0 Å². The second-order valence-electron chi connectivity index (χ2n) is 7.55. The van der Waals surface area contributed by atoms with Crippen LogP contribution in [0, 0.1) is 0 Å². The highest BCUT2D eigenvalue weighted by Crippen LogP contribution is 2.31. The molecule has 152 valence electrons. The normalized spacial score (nSPS) is 16.6. The summed E-state index contributed by atoms with van der Waals surface area (Å²) in [5.74, 6) is 1.12. The summed E-state index contributed by atoms with van der Waals surface area (Å²) in [6, 6.07) is 15.9. The Labute approximate surface area is 171 Å². The van der Waals surface area contributed by atoms with Gasteiger partial charge < -0.3 is 19.4 Å². The molecule has 2 aromatic rings. The third-order valence-electron chi connectivity index (χ3n) is 5.73. The molecule has 0 radical (unpaired) electrons. The van der Waals surface area contributed by atoms with Gasteiger partial charge in [0.15, 0.2) is 0 Å². The maximum Gasteiger partial charge on any atom is 0.227 e. The van der Waals surface area contributed by atoms with Crippen LogP contribution in [0.4, 0.5) is 11.4 Å². The Morgan fingerprint density at radius 2 is 1.76 bits per heavy atom. The monoisotopic (exact) mass is 393 g/mol. The van der Waals surface area contributed by atoms with Crippen LogP contribution in [0.15, 0.2) is 48.5 Å². The summed E-state index contributed by atoms with van der Waals surface area (Å²) in [7, 11) is 1.84. The number of anilines is 2. The second-order valence-corrected chi connectivity index (χ2v) is 7.55. The number of para-hydroxylation sites is 1. The predicted octanol–water partition coefficient (Wildman–Crippen LogP) is 2.71. The van der Waals surface area contributed by atoms with Gasteiger partial charge in [-0.25, -0.2) is 0 Å². The SMILES string of the molecule is CN1C(=O)CCc2cc(N3CCN(C(=O)CCOc4ccccc4)CC3)ccc21. The third-order valence-corrected chi connectivity index (χ3v) is 5.73. The number of benzene rings is 2. The van der Waals surface area contributed by atoms with Crippen molar-refractivity contribution in [3.8, 4) is 5.75 Å². The van der Waals surface area contributed by atoms with E-state index in [9.17, 15) is 9.59 Å². The van der Waals surface area contributed by atoms with Gasteiger partial charge in [0.25, 0.3) is 0 Å². The molecule has 1 fully saturated rings. The van der Waals surface area contributed by atoms with Crippen molar-refractivity contribution in [2.75, 3.05) is 49.6 Å². The van der Waals surface area contributed by atoms with Crippen LogP contribution in [0.25, 0.3) is 0 Å². The van der Waals surface area contributed by atoms with E-state index in [0.717, 1.165) is 44.0 Å². The number of hydrogen-bond acceptors (Lipinski definition) is 4. The van der Waals surface area contributed by atoms with Crippen LogP contribution in [0.5, 0.6) is 5.75 Å². The molecule has 0 spiro atoms. The van der Waals surface area contributed by atoms with E-state index in [1.807, 2.05) is 48.3 Å². The van der Waals surface area contributed by atoms with E-state index in [1.165, 1.54) is 11.3 Å². The van der Waals surface area contributed by atoms with Gasteiger partial charge in [-0.15, -0.1) is 0 Å². The first-order valence-electron chi connectivity index (χ1n) is 10.2. The molecule has 0 aromatic heterocycles. The first kappa shape index (κ1) is 19.3. The average Bonchev–Trinajstić information content (AvgIpc) is 2.77. The zero-order valence-corrected chi connectivity index (χ0v) is 16.8. The van der Waals surface area contributed by atoms with Gasteiger partial charge in [-0.1, -0.05) is 18.2 Å². The van der Waals surface area contributed by atoms with Crippen LogP contribution in [0.1, 0.15) is 18.4 Å². The fraction of sp³-hybridized carbons (Fsp3) is 0.391. The molecule has 2 aromatic carbocycles. The Morgan fingerprint density at radius 3 is 2.52 bits per heavy atom. The van der Waals surface area contributed by atoms with Crippen LogP contribution >= 0.6 is 0 Å². The first-order chi connectivity index (χ1) is 14.1. The molecule has 0 saturated carbocycles. The molecule has 2 aliphatic rings. The number of rotatable bonds is 5. The molecule has 0 bridgehead atoms. The lowest BCUT2D eigenvalue weighted by atomic mass is 10.0. The van der Waals surface area contributed by atoms with Gasteiger partial charge in [0.05, 0.1) is 13.0 Å². The molecule has 6 nitrogen and oxygen atoms in total. The largest absolute Gasteiger partial charge is 0.493 e. The number of amides is 2. The molecule has 0 N–H and O–H groups in total.